The predicted molar refractivity (Wildman–Crippen MR) is 102 cm³/mol. The zero-order valence-corrected chi connectivity index (χ0v) is 15.3. The van der Waals surface area contributed by atoms with Gasteiger partial charge in [0.25, 0.3) is 0 Å². The van der Waals surface area contributed by atoms with Crippen LogP contribution >= 0.6 is 23.4 Å². The minimum absolute atomic E-state index is 0.0129. The number of nitrogens with one attached hydrogen (secondary N) is 1. The zero-order valence-electron chi connectivity index (χ0n) is 13.7. The van der Waals surface area contributed by atoms with E-state index in [1.165, 1.54) is 11.8 Å². The van der Waals surface area contributed by atoms with E-state index in [4.69, 9.17) is 11.6 Å². The van der Waals surface area contributed by atoms with E-state index in [0.29, 0.717) is 11.6 Å². The van der Waals surface area contributed by atoms with Gasteiger partial charge in [-0.15, -0.1) is 11.8 Å². The molecule has 25 heavy (non-hydrogen) atoms. The lowest BCUT2D eigenvalue weighted by Crippen LogP contribution is -2.30. The molecule has 1 N–H and O–H groups in total. The van der Waals surface area contributed by atoms with Gasteiger partial charge in [0.15, 0.2) is 0 Å². The number of thioether (sulfide) groups is 1. The number of carbonyl (C=O) groups excluding carboxylic acids is 1. The highest BCUT2D eigenvalue weighted by Gasteiger charge is 2.15. The van der Waals surface area contributed by atoms with E-state index in [1.54, 1.807) is 10.9 Å². The third-order valence-electron chi connectivity index (χ3n) is 3.68. The first kappa shape index (κ1) is 17.6. The molecule has 128 valence electrons. The molecule has 3 aromatic rings. The molecule has 0 spiro atoms. The fourth-order valence-corrected chi connectivity index (χ4v) is 3.48. The van der Waals surface area contributed by atoms with Gasteiger partial charge in [0.1, 0.15) is 0 Å². The molecule has 1 heterocycles. The summed E-state index contributed by atoms with van der Waals surface area (Å²) in [7, 11) is 0. The molecule has 3 rings (SSSR count). The second-order valence-corrected chi connectivity index (χ2v) is 7.32. The molecule has 1 aromatic heterocycles. The SMILES string of the molecule is CC(Sc1ccccc1Cl)C(=O)NCc1ccc(-n2cccn2)cc1. The fraction of sp³-hybridized carbons (Fsp3) is 0.158. The quantitative estimate of drug-likeness (QED) is 0.656. The molecule has 0 aliphatic heterocycles. The molecule has 0 saturated heterocycles. The molecule has 0 radical (unpaired) electrons. The third kappa shape index (κ3) is 4.65. The van der Waals surface area contributed by atoms with Crippen molar-refractivity contribution in [1.29, 1.82) is 0 Å². The van der Waals surface area contributed by atoms with E-state index < -0.39 is 0 Å². The number of hydrogen-bond donors (Lipinski definition) is 1. The van der Waals surface area contributed by atoms with Crippen molar-refractivity contribution in [2.45, 2.75) is 23.6 Å². The summed E-state index contributed by atoms with van der Waals surface area (Å²) in [6.45, 7) is 2.37. The molecule has 1 atom stereocenters. The van der Waals surface area contributed by atoms with Crippen LogP contribution in [-0.4, -0.2) is 20.9 Å². The Kier molecular flexibility index (Phi) is 5.79. The van der Waals surface area contributed by atoms with Crippen LogP contribution in [0.5, 0.6) is 0 Å². The number of amides is 1. The molecule has 1 amide bonds. The topological polar surface area (TPSA) is 46.9 Å². The van der Waals surface area contributed by atoms with Gasteiger partial charge in [-0.1, -0.05) is 35.9 Å². The number of hydrogen-bond acceptors (Lipinski definition) is 3. The molecule has 0 bridgehead atoms. The van der Waals surface area contributed by atoms with Gasteiger partial charge < -0.3 is 5.32 Å². The van der Waals surface area contributed by atoms with E-state index in [-0.39, 0.29) is 11.2 Å². The van der Waals surface area contributed by atoms with Crippen LogP contribution in [0, 0.1) is 0 Å². The summed E-state index contributed by atoms with van der Waals surface area (Å²) in [4.78, 5) is 13.2. The predicted octanol–water partition coefficient (Wildman–Crippen LogP) is 4.32. The van der Waals surface area contributed by atoms with Gasteiger partial charge in [0.2, 0.25) is 5.91 Å². The first-order valence-corrected chi connectivity index (χ1v) is 9.17. The Bertz CT molecular complexity index is 834. The first-order chi connectivity index (χ1) is 12.1. The number of carbonyl (C=O) groups is 1. The smallest absolute Gasteiger partial charge is 0.233 e. The highest BCUT2D eigenvalue weighted by atomic mass is 35.5. The Balaban J connectivity index is 1.54. The van der Waals surface area contributed by atoms with Crippen molar-refractivity contribution in [3.05, 3.63) is 77.6 Å². The molecular formula is C19H18ClN3OS. The molecular weight excluding hydrogens is 354 g/mol. The standard InChI is InChI=1S/C19H18ClN3OS/c1-14(25-18-6-3-2-5-17(18)20)19(24)21-13-15-7-9-16(10-8-15)23-12-4-11-22-23/h2-12,14H,13H2,1H3,(H,21,24). The summed E-state index contributed by atoms with van der Waals surface area (Å²) in [5, 5.41) is 7.61. The van der Waals surface area contributed by atoms with Gasteiger partial charge in [-0.05, 0) is 42.8 Å². The minimum Gasteiger partial charge on any atom is -0.351 e. The number of benzene rings is 2. The van der Waals surface area contributed by atoms with E-state index in [1.807, 2.05) is 67.7 Å². The van der Waals surface area contributed by atoms with Gasteiger partial charge in [0, 0.05) is 23.8 Å². The van der Waals surface area contributed by atoms with Gasteiger partial charge in [-0.25, -0.2) is 4.68 Å². The van der Waals surface area contributed by atoms with Gasteiger partial charge in [-0.2, -0.15) is 5.10 Å². The lowest BCUT2D eigenvalue weighted by Gasteiger charge is -2.13. The van der Waals surface area contributed by atoms with Crippen LogP contribution in [0.1, 0.15) is 12.5 Å². The van der Waals surface area contributed by atoms with Crippen molar-refractivity contribution in [2.75, 3.05) is 0 Å². The molecule has 6 heteroatoms. The van der Waals surface area contributed by atoms with Gasteiger partial charge >= 0.3 is 0 Å². The first-order valence-electron chi connectivity index (χ1n) is 7.91. The fourth-order valence-electron chi connectivity index (χ4n) is 2.31. The van der Waals surface area contributed by atoms with Crippen LogP contribution < -0.4 is 5.32 Å². The van der Waals surface area contributed by atoms with Crippen molar-refractivity contribution >= 4 is 29.3 Å². The minimum atomic E-state index is -0.219. The van der Waals surface area contributed by atoms with Crippen LogP contribution in [0.3, 0.4) is 0 Å². The third-order valence-corrected chi connectivity index (χ3v) is 5.30. The Morgan fingerprint density at radius 1 is 1.20 bits per heavy atom. The van der Waals surface area contributed by atoms with Crippen molar-refractivity contribution < 1.29 is 4.79 Å². The number of nitrogens with zero attached hydrogens (tertiary/aromatic N) is 2. The number of aromatic nitrogens is 2. The van der Waals surface area contributed by atoms with Crippen LogP contribution in [0.15, 0.2) is 71.9 Å². The highest BCUT2D eigenvalue weighted by Crippen LogP contribution is 2.30. The van der Waals surface area contributed by atoms with Crippen LogP contribution in [0.25, 0.3) is 5.69 Å². The van der Waals surface area contributed by atoms with Crippen LogP contribution in [-0.2, 0) is 11.3 Å². The lowest BCUT2D eigenvalue weighted by atomic mass is 10.2. The van der Waals surface area contributed by atoms with E-state index >= 15 is 0 Å². The number of halogens is 1. The van der Waals surface area contributed by atoms with Gasteiger partial charge in [-0.3, -0.25) is 4.79 Å². The normalized spacial score (nSPS) is 11.9. The van der Waals surface area contributed by atoms with Crippen LogP contribution in [0.2, 0.25) is 5.02 Å². The summed E-state index contributed by atoms with van der Waals surface area (Å²) < 4.78 is 1.80. The van der Waals surface area contributed by atoms with Crippen LogP contribution in [0.4, 0.5) is 0 Å². The second kappa shape index (κ2) is 8.23. The molecule has 1 unspecified atom stereocenters. The Hall–Kier alpha value is -2.24. The second-order valence-electron chi connectivity index (χ2n) is 5.53. The Labute approximate surface area is 156 Å². The Morgan fingerprint density at radius 3 is 2.64 bits per heavy atom. The molecule has 0 fully saturated rings. The van der Waals surface area contributed by atoms with E-state index in [9.17, 15) is 4.79 Å². The Morgan fingerprint density at radius 2 is 1.96 bits per heavy atom. The number of rotatable bonds is 6. The maximum absolute atomic E-state index is 12.3. The largest absolute Gasteiger partial charge is 0.351 e. The molecule has 0 aliphatic rings. The maximum Gasteiger partial charge on any atom is 0.233 e. The summed E-state index contributed by atoms with van der Waals surface area (Å²) >= 11 is 7.60. The van der Waals surface area contributed by atoms with Crippen molar-refractivity contribution in [3.8, 4) is 5.69 Å². The molecule has 2 aromatic carbocycles. The molecule has 0 aliphatic carbocycles. The molecule has 4 nitrogen and oxygen atoms in total. The van der Waals surface area contributed by atoms with E-state index in [0.717, 1.165) is 16.1 Å². The highest BCUT2D eigenvalue weighted by molar-refractivity contribution is 8.00. The molecule has 0 saturated carbocycles. The van der Waals surface area contributed by atoms with Gasteiger partial charge in [0.05, 0.1) is 16.0 Å². The summed E-state index contributed by atoms with van der Waals surface area (Å²) in [6, 6.07) is 17.4. The lowest BCUT2D eigenvalue weighted by molar-refractivity contribution is -0.120. The van der Waals surface area contributed by atoms with Crippen molar-refractivity contribution in [2.24, 2.45) is 0 Å². The zero-order chi connectivity index (χ0) is 17.6. The van der Waals surface area contributed by atoms with E-state index in [2.05, 4.69) is 10.4 Å². The summed E-state index contributed by atoms with van der Waals surface area (Å²) in [5.74, 6) is -0.0129. The summed E-state index contributed by atoms with van der Waals surface area (Å²) in [5.41, 5.74) is 2.03. The summed E-state index contributed by atoms with van der Waals surface area (Å²) in [6.07, 6.45) is 3.64. The average molecular weight is 372 g/mol. The maximum atomic E-state index is 12.3. The monoisotopic (exact) mass is 371 g/mol. The average Bonchev–Trinajstić information content (AvgIpc) is 3.16. The van der Waals surface area contributed by atoms with Crippen molar-refractivity contribution in [1.82, 2.24) is 15.1 Å². The van der Waals surface area contributed by atoms with Crippen molar-refractivity contribution in [3.63, 3.8) is 0 Å².